The van der Waals surface area contributed by atoms with Crippen LogP contribution in [0.4, 0.5) is 0 Å². The van der Waals surface area contributed by atoms with Crippen molar-refractivity contribution in [1.29, 1.82) is 0 Å². The van der Waals surface area contributed by atoms with Crippen molar-refractivity contribution in [1.82, 2.24) is 14.9 Å². The topological polar surface area (TPSA) is 46.1 Å². The van der Waals surface area contributed by atoms with Gasteiger partial charge in [0.15, 0.2) is 0 Å². The molecule has 126 valence electrons. The maximum Gasteiger partial charge on any atom is 0.254 e. The zero-order valence-electron chi connectivity index (χ0n) is 14.1. The van der Waals surface area contributed by atoms with Crippen LogP contribution in [0.1, 0.15) is 28.9 Å². The summed E-state index contributed by atoms with van der Waals surface area (Å²) in [5.41, 5.74) is 2.73. The van der Waals surface area contributed by atoms with Crippen molar-refractivity contribution in [2.24, 2.45) is 5.92 Å². The number of rotatable bonds is 3. The van der Waals surface area contributed by atoms with E-state index in [0.717, 1.165) is 54.5 Å². The van der Waals surface area contributed by atoms with Gasteiger partial charge in [-0.3, -0.25) is 14.8 Å². The number of benzene rings is 1. The molecule has 4 nitrogen and oxygen atoms in total. The van der Waals surface area contributed by atoms with Gasteiger partial charge in [0.2, 0.25) is 0 Å². The fourth-order valence-corrected chi connectivity index (χ4v) is 3.69. The molecule has 0 saturated carbocycles. The standard InChI is InChI=1S/C21H21N3O/c25-21(19-8-3-10-20-18(19)9-4-12-23-20)24-13-5-6-16(15-24)14-17-7-1-2-11-22-17/h1-4,7-12,16H,5-6,13-15H2. The summed E-state index contributed by atoms with van der Waals surface area (Å²) < 4.78 is 0. The minimum Gasteiger partial charge on any atom is -0.338 e. The van der Waals surface area contributed by atoms with Crippen molar-refractivity contribution in [2.45, 2.75) is 19.3 Å². The minimum atomic E-state index is 0.115. The molecule has 3 heterocycles. The van der Waals surface area contributed by atoms with Crippen molar-refractivity contribution < 1.29 is 4.79 Å². The van der Waals surface area contributed by atoms with E-state index in [2.05, 4.69) is 16.0 Å². The van der Waals surface area contributed by atoms with Crippen LogP contribution in [0.2, 0.25) is 0 Å². The Morgan fingerprint density at radius 3 is 2.84 bits per heavy atom. The number of piperidine rings is 1. The highest BCUT2D eigenvalue weighted by molar-refractivity contribution is 6.06. The quantitative estimate of drug-likeness (QED) is 0.735. The molecular weight excluding hydrogens is 310 g/mol. The largest absolute Gasteiger partial charge is 0.338 e. The van der Waals surface area contributed by atoms with Gasteiger partial charge in [0.05, 0.1) is 5.52 Å². The van der Waals surface area contributed by atoms with Gasteiger partial charge in [-0.25, -0.2) is 0 Å². The lowest BCUT2D eigenvalue weighted by molar-refractivity contribution is 0.0675. The summed E-state index contributed by atoms with van der Waals surface area (Å²) in [4.78, 5) is 23.9. The maximum atomic E-state index is 13.1. The summed E-state index contributed by atoms with van der Waals surface area (Å²) in [6.07, 6.45) is 6.73. The molecule has 1 aromatic carbocycles. The Bertz CT molecular complexity index is 873. The lowest BCUT2D eigenvalue weighted by atomic mass is 9.92. The summed E-state index contributed by atoms with van der Waals surface area (Å²) in [6.45, 7) is 1.63. The predicted molar refractivity (Wildman–Crippen MR) is 98.3 cm³/mol. The number of aromatic nitrogens is 2. The minimum absolute atomic E-state index is 0.115. The average Bonchev–Trinajstić information content (AvgIpc) is 2.68. The second-order valence-corrected chi connectivity index (χ2v) is 6.66. The molecule has 1 unspecified atom stereocenters. The molecule has 1 amide bonds. The lowest BCUT2D eigenvalue weighted by Crippen LogP contribution is -2.40. The van der Waals surface area contributed by atoms with Crippen molar-refractivity contribution in [3.05, 3.63) is 72.2 Å². The van der Waals surface area contributed by atoms with E-state index >= 15 is 0 Å². The Morgan fingerprint density at radius 1 is 1.04 bits per heavy atom. The zero-order valence-corrected chi connectivity index (χ0v) is 14.1. The van der Waals surface area contributed by atoms with Crippen LogP contribution in [0.25, 0.3) is 10.9 Å². The predicted octanol–water partition coefficient (Wildman–Crippen LogP) is 3.72. The molecular formula is C21H21N3O. The van der Waals surface area contributed by atoms with E-state index in [9.17, 15) is 4.79 Å². The van der Waals surface area contributed by atoms with Crippen molar-refractivity contribution in [2.75, 3.05) is 13.1 Å². The Kier molecular flexibility index (Phi) is 4.42. The van der Waals surface area contributed by atoms with Gasteiger partial charge in [0.25, 0.3) is 5.91 Å². The summed E-state index contributed by atoms with van der Waals surface area (Å²) >= 11 is 0. The smallest absolute Gasteiger partial charge is 0.254 e. The maximum absolute atomic E-state index is 13.1. The van der Waals surface area contributed by atoms with Crippen LogP contribution >= 0.6 is 0 Å². The lowest BCUT2D eigenvalue weighted by Gasteiger charge is -2.33. The molecule has 0 aliphatic carbocycles. The molecule has 4 heteroatoms. The van der Waals surface area contributed by atoms with E-state index in [1.165, 1.54) is 0 Å². The highest BCUT2D eigenvalue weighted by Gasteiger charge is 2.25. The first kappa shape index (κ1) is 15.8. The van der Waals surface area contributed by atoms with E-state index in [4.69, 9.17) is 0 Å². The first-order valence-electron chi connectivity index (χ1n) is 8.84. The van der Waals surface area contributed by atoms with Gasteiger partial charge in [0.1, 0.15) is 0 Å². The van der Waals surface area contributed by atoms with Gasteiger partial charge >= 0.3 is 0 Å². The van der Waals surface area contributed by atoms with Crippen LogP contribution in [0, 0.1) is 5.92 Å². The summed E-state index contributed by atoms with van der Waals surface area (Å²) in [6, 6.07) is 15.7. The SMILES string of the molecule is O=C(c1cccc2ncccc12)N1CCCC(Cc2ccccn2)C1. The van der Waals surface area contributed by atoms with Crippen LogP contribution < -0.4 is 0 Å². The van der Waals surface area contributed by atoms with Crippen LogP contribution in [0.15, 0.2) is 60.9 Å². The molecule has 3 aromatic rings. The number of carbonyl (C=O) groups is 1. The molecule has 1 saturated heterocycles. The molecule has 1 fully saturated rings. The molecule has 0 bridgehead atoms. The molecule has 1 aliphatic rings. The van der Waals surface area contributed by atoms with Crippen LogP contribution in [0.3, 0.4) is 0 Å². The van der Waals surface area contributed by atoms with Gasteiger partial charge < -0.3 is 4.90 Å². The van der Waals surface area contributed by atoms with Gasteiger partial charge in [-0.15, -0.1) is 0 Å². The second kappa shape index (κ2) is 7.01. The van der Waals surface area contributed by atoms with Crippen molar-refractivity contribution in [3.8, 4) is 0 Å². The number of fused-ring (bicyclic) bond motifs is 1. The number of hydrogen-bond donors (Lipinski definition) is 0. The molecule has 0 N–H and O–H groups in total. The Balaban J connectivity index is 1.53. The van der Waals surface area contributed by atoms with E-state index in [1.54, 1.807) is 6.20 Å². The first-order valence-corrected chi connectivity index (χ1v) is 8.84. The Morgan fingerprint density at radius 2 is 1.96 bits per heavy atom. The number of carbonyl (C=O) groups excluding carboxylic acids is 1. The number of hydrogen-bond acceptors (Lipinski definition) is 3. The molecule has 1 atom stereocenters. The van der Waals surface area contributed by atoms with Crippen molar-refractivity contribution >= 4 is 16.8 Å². The fourth-order valence-electron chi connectivity index (χ4n) is 3.69. The van der Waals surface area contributed by atoms with Gasteiger partial charge in [-0.1, -0.05) is 18.2 Å². The Hall–Kier alpha value is -2.75. The van der Waals surface area contributed by atoms with E-state index in [0.29, 0.717) is 5.92 Å². The highest BCUT2D eigenvalue weighted by atomic mass is 16.2. The summed E-state index contributed by atoms with van der Waals surface area (Å²) in [7, 11) is 0. The number of pyridine rings is 2. The van der Waals surface area contributed by atoms with Gasteiger partial charge in [-0.2, -0.15) is 0 Å². The van der Waals surface area contributed by atoms with Gasteiger partial charge in [0, 0.05) is 42.1 Å². The monoisotopic (exact) mass is 331 g/mol. The molecule has 0 spiro atoms. The first-order chi connectivity index (χ1) is 12.3. The van der Waals surface area contributed by atoms with Gasteiger partial charge in [-0.05, 0) is 55.5 Å². The van der Waals surface area contributed by atoms with Crippen LogP contribution in [-0.2, 0) is 6.42 Å². The van der Waals surface area contributed by atoms with Crippen molar-refractivity contribution in [3.63, 3.8) is 0 Å². The molecule has 1 aliphatic heterocycles. The third-order valence-electron chi connectivity index (χ3n) is 4.91. The average molecular weight is 331 g/mol. The normalized spacial score (nSPS) is 17.6. The highest BCUT2D eigenvalue weighted by Crippen LogP contribution is 2.24. The summed E-state index contributed by atoms with van der Waals surface area (Å²) in [5, 5.41) is 0.932. The van der Waals surface area contributed by atoms with E-state index < -0.39 is 0 Å². The van der Waals surface area contributed by atoms with E-state index in [-0.39, 0.29) is 5.91 Å². The summed E-state index contributed by atoms with van der Waals surface area (Å²) in [5.74, 6) is 0.588. The number of nitrogens with zero attached hydrogens (tertiary/aromatic N) is 3. The Labute approximate surface area is 147 Å². The van der Waals surface area contributed by atoms with E-state index in [1.807, 2.05) is 53.6 Å². The molecule has 0 radical (unpaired) electrons. The van der Waals surface area contributed by atoms with Crippen LogP contribution in [0.5, 0.6) is 0 Å². The number of likely N-dealkylation sites (tertiary alicyclic amines) is 1. The fraction of sp³-hybridized carbons (Fsp3) is 0.286. The third kappa shape index (κ3) is 3.38. The molecule has 25 heavy (non-hydrogen) atoms. The molecule has 2 aromatic heterocycles. The van der Waals surface area contributed by atoms with Crippen LogP contribution in [-0.4, -0.2) is 33.9 Å². The zero-order chi connectivity index (χ0) is 17.1. The third-order valence-corrected chi connectivity index (χ3v) is 4.91. The number of amides is 1. The second-order valence-electron chi connectivity index (χ2n) is 6.66. The molecule has 4 rings (SSSR count).